The van der Waals surface area contributed by atoms with Crippen LogP contribution in [0, 0.1) is 0 Å². The molecular formula is C15H36F2P2Pd+2. The average molecular weight is 423 g/mol. The Kier molecular flexibility index (Phi) is 16.6. The van der Waals surface area contributed by atoms with Gasteiger partial charge in [0.05, 0.1) is 35.0 Å². The minimum absolute atomic E-state index is 0.109. The van der Waals surface area contributed by atoms with Crippen LogP contribution < -0.4 is 0 Å². The molecule has 0 aromatic heterocycles. The van der Waals surface area contributed by atoms with Crippen LogP contribution in [-0.2, 0) is 19.0 Å². The standard InChI is InChI=1S/C15H34P2.2FH.Pd/c1-12(2)16(13(3)4)10-9-11-17(14(5)6)15(7)8;;;/h12-15H,9-11H2,1-8H3;2*1H;/q;;;+2. The van der Waals surface area contributed by atoms with E-state index >= 15 is 0 Å². The molecule has 0 nitrogen and oxygen atoms in total. The molecular weight excluding hydrogens is 387 g/mol. The molecule has 0 fully saturated rings. The van der Waals surface area contributed by atoms with E-state index in [0.717, 1.165) is 22.6 Å². The van der Waals surface area contributed by atoms with Crippen molar-refractivity contribution in [2.75, 3.05) is 12.3 Å². The van der Waals surface area contributed by atoms with E-state index in [0.29, 0.717) is 0 Å². The number of rotatable bonds is 8. The van der Waals surface area contributed by atoms with Crippen molar-refractivity contribution in [3.05, 3.63) is 0 Å². The molecule has 20 heavy (non-hydrogen) atoms. The Labute approximate surface area is 138 Å². The predicted molar refractivity (Wildman–Crippen MR) is 93.7 cm³/mol. The summed E-state index contributed by atoms with van der Waals surface area (Å²) in [6, 6.07) is 0. The molecule has 0 rings (SSSR count). The van der Waals surface area contributed by atoms with Crippen LogP contribution in [0.2, 0.25) is 0 Å². The predicted octanol–water partition coefficient (Wildman–Crippen LogP) is 6.28. The monoisotopic (exact) mass is 422 g/mol. The van der Waals surface area contributed by atoms with Gasteiger partial charge in [0.15, 0.2) is 0 Å². The van der Waals surface area contributed by atoms with Gasteiger partial charge in [-0.2, -0.15) is 0 Å². The van der Waals surface area contributed by atoms with Gasteiger partial charge in [0, 0.05) is 22.3 Å². The molecule has 0 aromatic carbocycles. The molecule has 0 aliphatic carbocycles. The second kappa shape index (κ2) is 14.0. The van der Waals surface area contributed by atoms with Crippen molar-refractivity contribution in [2.24, 2.45) is 0 Å². The van der Waals surface area contributed by atoms with Gasteiger partial charge in [0.2, 0.25) is 0 Å². The van der Waals surface area contributed by atoms with E-state index in [9.17, 15) is 6.45 Å². The van der Waals surface area contributed by atoms with Gasteiger partial charge in [0.25, 0.3) is 0 Å². The van der Waals surface area contributed by atoms with E-state index in [1.54, 1.807) is 12.3 Å². The molecule has 0 saturated heterocycles. The van der Waals surface area contributed by atoms with Crippen molar-refractivity contribution >= 4 is 15.8 Å². The molecule has 0 spiro atoms. The van der Waals surface area contributed by atoms with E-state index in [1.807, 2.05) is 0 Å². The van der Waals surface area contributed by atoms with Crippen molar-refractivity contribution < 1.29 is 25.5 Å². The van der Waals surface area contributed by atoms with E-state index in [1.165, 1.54) is 6.42 Å². The maximum atomic E-state index is 9.68. The van der Waals surface area contributed by atoms with Crippen LogP contribution >= 0.6 is 15.8 Å². The zero-order chi connectivity index (χ0) is 16.3. The third-order valence-corrected chi connectivity index (χ3v) is 11.7. The first kappa shape index (κ1) is 23.6. The zero-order valence-corrected chi connectivity index (χ0v) is 18.1. The summed E-state index contributed by atoms with van der Waals surface area (Å²) in [6.07, 6.45) is 4.61. The van der Waals surface area contributed by atoms with Crippen LogP contribution in [0.1, 0.15) is 61.8 Å². The second-order valence-corrected chi connectivity index (χ2v) is 14.8. The molecule has 0 aliphatic heterocycles. The fraction of sp³-hybridized carbons (Fsp3) is 1.00. The number of hydrogen-bond donors (Lipinski definition) is 0. The zero-order valence-electron chi connectivity index (χ0n) is 14.5. The summed E-state index contributed by atoms with van der Waals surface area (Å²) in [5.41, 5.74) is 3.81. The molecule has 0 bridgehead atoms. The van der Waals surface area contributed by atoms with Crippen molar-refractivity contribution in [1.29, 1.82) is 0 Å². The van der Waals surface area contributed by atoms with Crippen LogP contribution in [0.4, 0.5) is 6.45 Å². The summed E-state index contributed by atoms with van der Waals surface area (Å²) in [6.45, 7) is 19.5. The van der Waals surface area contributed by atoms with Crippen LogP contribution in [0.3, 0.4) is 0 Å². The molecule has 0 amide bonds. The third-order valence-electron chi connectivity index (χ3n) is 3.90. The maximum absolute atomic E-state index is 9.68. The first-order valence-electron chi connectivity index (χ1n) is 7.72. The van der Waals surface area contributed by atoms with Crippen molar-refractivity contribution in [1.82, 2.24) is 0 Å². The summed E-state index contributed by atoms with van der Waals surface area (Å²) in [4.78, 5) is 0. The van der Waals surface area contributed by atoms with E-state index in [-0.39, 0.29) is 15.8 Å². The molecule has 5 heteroatoms. The van der Waals surface area contributed by atoms with Crippen LogP contribution in [0.15, 0.2) is 0 Å². The summed E-state index contributed by atoms with van der Waals surface area (Å²) in [7, 11) is -0.217. The molecule has 0 saturated carbocycles. The quantitative estimate of drug-likeness (QED) is 0.319. The Balaban J connectivity index is 0. The molecule has 0 N–H and O–H groups in total. The Morgan fingerprint density at radius 2 is 0.850 bits per heavy atom. The Morgan fingerprint density at radius 3 is 1.00 bits per heavy atom. The molecule has 0 radical (unpaired) electrons. The molecule has 0 aliphatic rings. The first-order chi connectivity index (χ1) is 9.18. The molecule has 0 heterocycles. The van der Waals surface area contributed by atoms with E-state index in [4.69, 9.17) is 0 Å². The molecule has 0 unspecified atom stereocenters. The third kappa shape index (κ3) is 12.0. The van der Waals surface area contributed by atoms with Crippen molar-refractivity contribution in [3.63, 3.8) is 0 Å². The molecule has 128 valence electrons. The van der Waals surface area contributed by atoms with Gasteiger partial charge in [-0.1, -0.05) is 0 Å². The van der Waals surface area contributed by atoms with Gasteiger partial charge >= 0.3 is 25.5 Å². The Hall–Kier alpha value is 1.38. The SMILES string of the molecule is CC(C)[PH+](CCC[PH+](C(C)C)C(C)C)C(C)C.[F][Pd][F]. The summed E-state index contributed by atoms with van der Waals surface area (Å²) in [5.74, 6) is 0. The molecule has 0 atom stereocenters. The van der Waals surface area contributed by atoms with E-state index in [2.05, 4.69) is 55.4 Å². The molecule has 0 aromatic rings. The minimum atomic E-state index is -2.05. The van der Waals surface area contributed by atoms with Gasteiger partial charge in [0.1, 0.15) is 0 Å². The fourth-order valence-electron chi connectivity index (χ4n) is 2.98. The van der Waals surface area contributed by atoms with E-state index < -0.39 is 19.0 Å². The first-order valence-corrected chi connectivity index (χ1v) is 12.6. The van der Waals surface area contributed by atoms with Gasteiger partial charge in [-0.05, 0) is 55.4 Å². The van der Waals surface area contributed by atoms with Gasteiger partial charge in [-0.15, -0.1) is 0 Å². The van der Waals surface area contributed by atoms with Crippen molar-refractivity contribution in [3.8, 4) is 0 Å². The van der Waals surface area contributed by atoms with Gasteiger partial charge < -0.3 is 0 Å². The van der Waals surface area contributed by atoms with Gasteiger partial charge in [-0.3, -0.25) is 0 Å². The summed E-state index contributed by atoms with van der Waals surface area (Å²) < 4.78 is 19.4. The average Bonchev–Trinajstić information content (AvgIpc) is 2.27. The number of halogens is 2. The van der Waals surface area contributed by atoms with Gasteiger partial charge in [-0.25, -0.2) is 0 Å². The van der Waals surface area contributed by atoms with Crippen LogP contribution in [0.25, 0.3) is 0 Å². The summed E-state index contributed by atoms with van der Waals surface area (Å²) >= 11 is -2.05. The fourth-order valence-corrected chi connectivity index (χ4v) is 9.48. The Bertz CT molecular complexity index is 176. The topological polar surface area (TPSA) is 0 Å². The van der Waals surface area contributed by atoms with Crippen molar-refractivity contribution in [2.45, 2.75) is 84.4 Å². The Morgan fingerprint density at radius 1 is 0.650 bits per heavy atom. The summed E-state index contributed by atoms with van der Waals surface area (Å²) in [5, 5.41) is 0. The second-order valence-electron chi connectivity index (χ2n) is 6.67. The van der Waals surface area contributed by atoms with Crippen LogP contribution in [-0.4, -0.2) is 35.0 Å². The van der Waals surface area contributed by atoms with Crippen LogP contribution in [0.5, 0.6) is 0 Å². The normalized spacial score (nSPS) is 12.2. The number of hydrogen-bond acceptors (Lipinski definition) is 0.